The molecule has 0 spiro atoms. The van der Waals surface area contributed by atoms with E-state index in [1.165, 1.54) is 0 Å². The maximum atomic E-state index is 13.1. The molecular weight excluding hydrogens is 346 g/mol. The highest BCUT2D eigenvalue weighted by molar-refractivity contribution is 9.10. The Kier molecular flexibility index (Phi) is 2.96. The highest BCUT2D eigenvalue weighted by Crippen LogP contribution is 2.56. The number of fused-ring (bicyclic) bond motifs is 4. The summed E-state index contributed by atoms with van der Waals surface area (Å²) in [6, 6.07) is 7.84. The average molecular weight is 364 g/mol. The van der Waals surface area contributed by atoms with Crippen LogP contribution in [0.5, 0.6) is 0 Å². The monoisotopic (exact) mass is 363 g/mol. The van der Waals surface area contributed by atoms with Crippen molar-refractivity contribution in [2.24, 2.45) is 23.7 Å². The number of halogens is 1. The van der Waals surface area contributed by atoms with E-state index in [9.17, 15) is 9.59 Å². The van der Waals surface area contributed by atoms with Gasteiger partial charge in [0.05, 0.1) is 18.4 Å². The third kappa shape index (κ3) is 1.69. The molecule has 1 unspecified atom stereocenters. The fourth-order valence-corrected chi connectivity index (χ4v) is 5.11. The number of esters is 1. The van der Waals surface area contributed by atoms with Crippen LogP contribution in [0.4, 0.5) is 5.69 Å². The van der Waals surface area contributed by atoms with Crippen LogP contribution in [-0.2, 0) is 14.3 Å². The summed E-state index contributed by atoms with van der Waals surface area (Å²) in [4.78, 5) is 27.1. The molecule has 0 N–H and O–H groups in total. The van der Waals surface area contributed by atoms with Gasteiger partial charge in [-0.3, -0.25) is 9.59 Å². The van der Waals surface area contributed by atoms with Crippen molar-refractivity contribution in [3.63, 3.8) is 0 Å². The topological polar surface area (TPSA) is 46.6 Å². The van der Waals surface area contributed by atoms with Crippen LogP contribution in [0.15, 0.2) is 28.7 Å². The molecule has 1 saturated carbocycles. The summed E-state index contributed by atoms with van der Waals surface area (Å²) in [5.41, 5.74) is 0.655. The van der Waals surface area contributed by atoms with Crippen molar-refractivity contribution in [1.29, 1.82) is 0 Å². The number of ether oxygens (including phenoxy) is 1. The molecule has 5 heteroatoms. The highest BCUT2D eigenvalue weighted by Gasteiger charge is 2.65. The number of hydrogen-bond donors (Lipinski definition) is 0. The summed E-state index contributed by atoms with van der Waals surface area (Å²) in [7, 11) is 0. The Balaban J connectivity index is 1.83. The maximum absolute atomic E-state index is 13.1. The number of hydrogen-bond acceptors (Lipinski definition) is 3. The minimum absolute atomic E-state index is 0.0689. The predicted molar refractivity (Wildman–Crippen MR) is 85.2 cm³/mol. The molecule has 1 aromatic rings. The Morgan fingerprint density at radius 2 is 2.09 bits per heavy atom. The largest absolute Gasteiger partial charge is 0.465 e. The molecule has 1 aliphatic carbocycles. The fraction of sp³-hybridized carbons (Fsp3) is 0.529. The zero-order valence-corrected chi connectivity index (χ0v) is 14.2. The molecule has 22 heavy (non-hydrogen) atoms. The molecule has 3 aliphatic rings. The lowest BCUT2D eigenvalue weighted by atomic mass is 9.63. The first-order valence-electron chi connectivity index (χ1n) is 7.70. The van der Waals surface area contributed by atoms with Gasteiger partial charge in [-0.15, -0.1) is 0 Å². The van der Waals surface area contributed by atoms with Gasteiger partial charge >= 0.3 is 5.97 Å². The molecule has 3 fully saturated rings. The van der Waals surface area contributed by atoms with E-state index in [-0.39, 0.29) is 41.1 Å². The standard InChI is InChI=1S/C17H18BrNO3/c1-9-13-14-10(8-22-16(14)21)7-17(9,2)19(15(13)20)12-5-3-4-11(18)6-12/h3-6,9-10,13-14H,7-8H2,1-2H3/t9?,10-,13-,14+,17-/m1/s1. The van der Waals surface area contributed by atoms with Crippen molar-refractivity contribution in [1.82, 2.24) is 0 Å². The number of benzene rings is 1. The molecule has 2 bridgehead atoms. The van der Waals surface area contributed by atoms with Crippen LogP contribution < -0.4 is 4.90 Å². The van der Waals surface area contributed by atoms with Crippen LogP contribution in [0.1, 0.15) is 20.3 Å². The van der Waals surface area contributed by atoms with Crippen LogP contribution in [0.3, 0.4) is 0 Å². The van der Waals surface area contributed by atoms with Crippen molar-refractivity contribution < 1.29 is 14.3 Å². The molecule has 2 aliphatic heterocycles. The lowest BCUT2D eigenvalue weighted by Crippen LogP contribution is -2.50. The van der Waals surface area contributed by atoms with Gasteiger partial charge in [-0.1, -0.05) is 28.9 Å². The Morgan fingerprint density at radius 1 is 1.32 bits per heavy atom. The Labute approximate surface area is 137 Å². The molecule has 4 rings (SSSR count). The minimum Gasteiger partial charge on any atom is -0.465 e. The number of cyclic esters (lactones) is 1. The summed E-state index contributed by atoms with van der Waals surface area (Å²) < 4.78 is 6.19. The molecule has 4 nitrogen and oxygen atoms in total. The SMILES string of the molecule is CC1[C@H]2C(=O)N(c3cccc(Br)c3)[C@]1(C)C[C@@H]1COC(=O)[C@@H]12. The molecule has 116 valence electrons. The number of carbonyl (C=O) groups excluding carboxylic acids is 2. The zero-order chi connectivity index (χ0) is 15.6. The van der Waals surface area contributed by atoms with Gasteiger partial charge < -0.3 is 9.64 Å². The Hall–Kier alpha value is -1.36. The summed E-state index contributed by atoms with van der Waals surface area (Å²) in [5.74, 6) is -0.316. The van der Waals surface area contributed by atoms with Gasteiger partial charge in [-0.2, -0.15) is 0 Å². The number of carbonyl (C=O) groups is 2. The van der Waals surface area contributed by atoms with Crippen LogP contribution in [0.25, 0.3) is 0 Å². The van der Waals surface area contributed by atoms with E-state index in [0.717, 1.165) is 16.6 Å². The van der Waals surface area contributed by atoms with Crippen molar-refractivity contribution in [3.05, 3.63) is 28.7 Å². The van der Waals surface area contributed by atoms with Gasteiger partial charge in [0.2, 0.25) is 5.91 Å². The summed E-state index contributed by atoms with van der Waals surface area (Å²) >= 11 is 3.48. The van der Waals surface area contributed by atoms with Crippen molar-refractivity contribution >= 4 is 33.5 Å². The Morgan fingerprint density at radius 3 is 2.82 bits per heavy atom. The van der Waals surface area contributed by atoms with Crippen LogP contribution in [0.2, 0.25) is 0 Å². The number of amides is 1. The molecule has 1 amide bonds. The molecular formula is C17H18BrNO3. The van der Waals surface area contributed by atoms with E-state index < -0.39 is 0 Å². The van der Waals surface area contributed by atoms with E-state index in [1.54, 1.807) is 0 Å². The number of anilines is 1. The molecule has 0 aromatic heterocycles. The van der Waals surface area contributed by atoms with E-state index in [2.05, 4.69) is 29.8 Å². The second-order valence-electron chi connectivity index (χ2n) is 6.95. The summed E-state index contributed by atoms with van der Waals surface area (Å²) in [6.45, 7) is 4.71. The molecule has 2 saturated heterocycles. The lowest BCUT2D eigenvalue weighted by Gasteiger charge is -2.43. The van der Waals surface area contributed by atoms with Crippen molar-refractivity contribution in [2.75, 3.05) is 11.5 Å². The third-order valence-electron chi connectivity index (χ3n) is 5.88. The second-order valence-corrected chi connectivity index (χ2v) is 7.86. The summed E-state index contributed by atoms with van der Waals surface area (Å²) in [6.07, 6.45) is 0.819. The van der Waals surface area contributed by atoms with Gasteiger partial charge in [0.25, 0.3) is 0 Å². The van der Waals surface area contributed by atoms with Crippen LogP contribution in [0, 0.1) is 23.7 Å². The van der Waals surface area contributed by atoms with Crippen LogP contribution in [-0.4, -0.2) is 24.0 Å². The smallest absolute Gasteiger partial charge is 0.310 e. The van der Waals surface area contributed by atoms with Crippen molar-refractivity contribution in [2.45, 2.75) is 25.8 Å². The zero-order valence-electron chi connectivity index (χ0n) is 12.6. The highest BCUT2D eigenvalue weighted by atomic mass is 79.9. The molecule has 5 atom stereocenters. The second kappa shape index (κ2) is 4.57. The van der Waals surface area contributed by atoms with Crippen molar-refractivity contribution in [3.8, 4) is 0 Å². The first-order valence-corrected chi connectivity index (χ1v) is 8.49. The lowest BCUT2D eigenvalue weighted by molar-refractivity contribution is -0.145. The van der Waals surface area contributed by atoms with Gasteiger partial charge in [0, 0.05) is 21.6 Å². The fourth-order valence-electron chi connectivity index (χ4n) is 4.72. The van der Waals surface area contributed by atoms with Gasteiger partial charge in [-0.25, -0.2) is 0 Å². The summed E-state index contributed by atoms with van der Waals surface area (Å²) in [5, 5.41) is 0. The first kappa shape index (κ1) is 14.2. The first-order chi connectivity index (χ1) is 10.4. The van der Waals surface area contributed by atoms with Gasteiger partial charge in [-0.05, 0) is 37.5 Å². The normalized spacial score (nSPS) is 39.9. The molecule has 2 heterocycles. The molecule has 1 aromatic carbocycles. The minimum atomic E-state index is -0.257. The van der Waals surface area contributed by atoms with E-state index in [0.29, 0.717) is 6.61 Å². The molecule has 0 radical (unpaired) electrons. The van der Waals surface area contributed by atoms with Gasteiger partial charge in [0.1, 0.15) is 0 Å². The number of rotatable bonds is 1. The van der Waals surface area contributed by atoms with E-state index >= 15 is 0 Å². The number of nitrogens with zero attached hydrogens (tertiary/aromatic N) is 1. The quantitative estimate of drug-likeness (QED) is 0.720. The van der Waals surface area contributed by atoms with Crippen LogP contribution >= 0.6 is 15.9 Å². The van der Waals surface area contributed by atoms with E-state index in [1.807, 2.05) is 29.2 Å². The third-order valence-corrected chi connectivity index (χ3v) is 6.38. The van der Waals surface area contributed by atoms with Gasteiger partial charge in [0.15, 0.2) is 0 Å². The average Bonchev–Trinajstić information content (AvgIpc) is 2.85. The Bertz CT molecular complexity index is 676. The van der Waals surface area contributed by atoms with E-state index in [4.69, 9.17) is 4.74 Å². The predicted octanol–water partition coefficient (Wildman–Crippen LogP) is 3.00. The maximum Gasteiger partial charge on any atom is 0.310 e.